The first kappa shape index (κ1) is 23.8. The van der Waals surface area contributed by atoms with Crippen molar-refractivity contribution in [1.29, 1.82) is 0 Å². The first-order valence-electron chi connectivity index (χ1n) is 11.3. The molecule has 0 fully saturated rings. The van der Waals surface area contributed by atoms with Gasteiger partial charge in [-0.15, -0.1) is 0 Å². The van der Waals surface area contributed by atoms with Gasteiger partial charge in [0, 0.05) is 40.8 Å². The minimum atomic E-state index is -0.490. The molecular formula is C28H26N2O5. The van der Waals surface area contributed by atoms with E-state index < -0.39 is 4.92 Å². The summed E-state index contributed by atoms with van der Waals surface area (Å²) < 4.78 is 11.7. The Morgan fingerprint density at radius 3 is 2.54 bits per heavy atom. The number of allylic oxidation sites excluding steroid dienone is 1. The van der Waals surface area contributed by atoms with Crippen molar-refractivity contribution in [2.75, 3.05) is 11.9 Å². The van der Waals surface area contributed by atoms with Crippen molar-refractivity contribution in [2.45, 2.75) is 27.7 Å². The maximum Gasteiger partial charge on any atom is 0.271 e. The molecule has 0 radical (unpaired) electrons. The number of nitrogens with zero attached hydrogens (tertiary/aromatic N) is 1. The lowest BCUT2D eigenvalue weighted by Crippen LogP contribution is -2.10. The van der Waals surface area contributed by atoms with Gasteiger partial charge in [-0.2, -0.15) is 0 Å². The molecule has 0 aliphatic heterocycles. The van der Waals surface area contributed by atoms with Crippen molar-refractivity contribution in [2.24, 2.45) is 0 Å². The van der Waals surface area contributed by atoms with Crippen LogP contribution >= 0.6 is 0 Å². The van der Waals surface area contributed by atoms with Crippen LogP contribution in [-0.2, 0) is 4.79 Å². The van der Waals surface area contributed by atoms with Crippen LogP contribution in [0.2, 0.25) is 0 Å². The van der Waals surface area contributed by atoms with Crippen molar-refractivity contribution < 1.29 is 18.9 Å². The summed E-state index contributed by atoms with van der Waals surface area (Å²) >= 11 is 0. The number of hydrogen-bond donors (Lipinski definition) is 1. The lowest BCUT2D eigenvalue weighted by Gasteiger charge is -2.12. The molecule has 1 aromatic heterocycles. The maximum atomic E-state index is 12.8. The van der Waals surface area contributed by atoms with Gasteiger partial charge in [0.2, 0.25) is 5.91 Å². The lowest BCUT2D eigenvalue weighted by molar-refractivity contribution is -0.384. The Bertz CT molecular complexity index is 1450. The number of rotatable bonds is 7. The smallest absolute Gasteiger partial charge is 0.271 e. The highest BCUT2D eigenvalue weighted by molar-refractivity contribution is 6.05. The molecule has 1 N–H and O–H groups in total. The van der Waals surface area contributed by atoms with E-state index in [1.807, 2.05) is 45.0 Å². The normalized spacial score (nSPS) is 11.5. The van der Waals surface area contributed by atoms with E-state index in [0.717, 1.165) is 27.6 Å². The SMILES string of the molecule is CCOc1cc2occ(-c3ccc(C)cc3)c2cc1/C(C)=C/C(=O)Nc1cc([N+](=O)[O-])ccc1C. The third-order valence-electron chi connectivity index (χ3n) is 5.80. The van der Waals surface area contributed by atoms with Crippen molar-refractivity contribution in [3.63, 3.8) is 0 Å². The molecule has 0 aliphatic carbocycles. The number of amides is 1. The molecular weight excluding hydrogens is 444 g/mol. The first-order valence-corrected chi connectivity index (χ1v) is 11.3. The topological polar surface area (TPSA) is 94.6 Å². The third-order valence-corrected chi connectivity index (χ3v) is 5.80. The quantitative estimate of drug-likeness (QED) is 0.177. The van der Waals surface area contributed by atoms with Crippen LogP contribution in [0.5, 0.6) is 5.75 Å². The predicted octanol–water partition coefficient (Wildman–Crippen LogP) is 7.07. The second kappa shape index (κ2) is 9.85. The van der Waals surface area contributed by atoms with E-state index in [4.69, 9.17) is 9.15 Å². The standard InChI is InChI=1S/C28H26N2O5/c1-5-34-26-15-27-23(24(16-35-27)20-9-6-17(2)7-10-20)14-22(26)19(4)12-28(31)29-25-13-21(30(32)33)11-8-18(25)3/h6-16H,5H2,1-4H3,(H,29,31)/b19-12+. The molecule has 7 heteroatoms. The van der Waals surface area contributed by atoms with E-state index in [2.05, 4.69) is 17.4 Å². The summed E-state index contributed by atoms with van der Waals surface area (Å²) in [5.41, 5.74) is 6.34. The van der Waals surface area contributed by atoms with Crippen LogP contribution in [-0.4, -0.2) is 17.4 Å². The van der Waals surface area contributed by atoms with Crippen molar-refractivity contribution in [3.05, 3.63) is 93.7 Å². The summed E-state index contributed by atoms with van der Waals surface area (Å²) in [4.78, 5) is 23.4. The van der Waals surface area contributed by atoms with Gasteiger partial charge in [-0.1, -0.05) is 35.9 Å². The minimum Gasteiger partial charge on any atom is -0.493 e. The Hall–Kier alpha value is -4.39. The zero-order chi connectivity index (χ0) is 25.1. The molecule has 3 aromatic carbocycles. The monoisotopic (exact) mass is 470 g/mol. The van der Waals surface area contributed by atoms with Crippen LogP contribution in [0.3, 0.4) is 0 Å². The minimum absolute atomic E-state index is 0.0840. The Morgan fingerprint density at radius 2 is 1.86 bits per heavy atom. The highest BCUT2D eigenvalue weighted by Gasteiger charge is 2.16. The lowest BCUT2D eigenvalue weighted by atomic mass is 9.98. The number of anilines is 1. The molecule has 0 spiro atoms. The number of non-ortho nitro benzene ring substituents is 1. The summed E-state index contributed by atoms with van der Waals surface area (Å²) in [6.07, 6.45) is 3.19. The van der Waals surface area contributed by atoms with E-state index >= 15 is 0 Å². The average molecular weight is 471 g/mol. The average Bonchev–Trinajstić information content (AvgIpc) is 3.23. The number of hydrogen-bond acceptors (Lipinski definition) is 5. The number of benzene rings is 3. The van der Waals surface area contributed by atoms with Crippen molar-refractivity contribution in [1.82, 2.24) is 0 Å². The van der Waals surface area contributed by atoms with E-state index in [1.54, 1.807) is 19.3 Å². The molecule has 0 atom stereocenters. The zero-order valence-electron chi connectivity index (χ0n) is 20.0. The van der Waals surface area contributed by atoms with Crippen LogP contribution in [0, 0.1) is 24.0 Å². The van der Waals surface area contributed by atoms with Gasteiger partial charge in [0.05, 0.1) is 23.5 Å². The fourth-order valence-electron chi connectivity index (χ4n) is 3.90. The van der Waals surface area contributed by atoms with Crippen LogP contribution < -0.4 is 10.1 Å². The third kappa shape index (κ3) is 5.09. The molecule has 0 saturated carbocycles. The Morgan fingerprint density at radius 1 is 1.11 bits per heavy atom. The summed E-state index contributed by atoms with van der Waals surface area (Å²) in [7, 11) is 0. The number of nitrogens with one attached hydrogen (secondary N) is 1. The zero-order valence-corrected chi connectivity index (χ0v) is 20.0. The van der Waals surface area contributed by atoms with Crippen LogP contribution in [0.4, 0.5) is 11.4 Å². The van der Waals surface area contributed by atoms with Gasteiger partial charge in [-0.25, -0.2) is 0 Å². The predicted molar refractivity (Wildman–Crippen MR) is 138 cm³/mol. The van der Waals surface area contributed by atoms with E-state index in [9.17, 15) is 14.9 Å². The van der Waals surface area contributed by atoms with E-state index in [-0.39, 0.29) is 11.6 Å². The van der Waals surface area contributed by atoms with Crippen LogP contribution in [0.15, 0.2) is 71.4 Å². The molecule has 35 heavy (non-hydrogen) atoms. The number of fused-ring (bicyclic) bond motifs is 1. The number of furan rings is 1. The number of nitro benzene ring substituents is 1. The molecule has 4 rings (SSSR count). The molecule has 4 aromatic rings. The van der Waals surface area contributed by atoms with Crippen LogP contribution in [0.1, 0.15) is 30.5 Å². The largest absolute Gasteiger partial charge is 0.493 e. The summed E-state index contributed by atoms with van der Waals surface area (Å²) in [6, 6.07) is 16.4. The highest BCUT2D eigenvalue weighted by Crippen LogP contribution is 2.37. The summed E-state index contributed by atoms with van der Waals surface area (Å²) in [5.74, 6) is 0.220. The van der Waals surface area contributed by atoms with E-state index in [1.165, 1.54) is 23.8 Å². The Kier molecular flexibility index (Phi) is 6.68. The second-order valence-corrected chi connectivity index (χ2v) is 8.37. The molecule has 0 bridgehead atoms. The van der Waals surface area contributed by atoms with Gasteiger partial charge in [0.15, 0.2) is 0 Å². The van der Waals surface area contributed by atoms with Gasteiger partial charge < -0.3 is 14.5 Å². The van der Waals surface area contributed by atoms with Gasteiger partial charge >= 0.3 is 0 Å². The molecule has 1 amide bonds. The molecule has 1 heterocycles. The van der Waals surface area contributed by atoms with Crippen LogP contribution in [0.25, 0.3) is 27.7 Å². The van der Waals surface area contributed by atoms with E-state index in [0.29, 0.717) is 29.2 Å². The fraction of sp³-hybridized carbons (Fsp3) is 0.179. The number of nitro groups is 1. The summed E-state index contributed by atoms with van der Waals surface area (Å²) in [5, 5.41) is 14.8. The molecule has 178 valence electrons. The van der Waals surface area contributed by atoms with Gasteiger partial charge in [0.25, 0.3) is 5.69 Å². The number of aryl methyl sites for hydroxylation is 2. The van der Waals surface area contributed by atoms with Crippen molar-refractivity contribution in [3.8, 4) is 16.9 Å². The maximum absolute atomic E-state index is 12.8. The molecule has 0 aliphatic rings. The fourth-order valence-corrected chi connectivity index (χ4v) is 3.90. The first-order chi connectivity index (χ1) is 16.8. The number of ether oxygens (including phenoxy) is 1. The molecule has 0 saturated heterocycles. The number of carbonyl (C=O) groups is 1. The van der Waals surface area contributed by atoms with Gasteiger partial charge in [-0.05, 0) is 50.5 Å². The molecule has 7 nitrogen and oxygen atoms in total. The Labute approximate surface area is 203 Å². The van der Waals surface area contributed by atoms with Crippen molar-refractivity contribution >= 4 is 33.8 Å². The van der Waals surface area contributed by atoms with Gasteiger partial charge in [0.1, 0.15) is 11.3 Å². The van der Waals surface area contributed by atoms with Gasteiger partial charge in [-0.3, -0.25) is 14.9 Å². The summed E-state index contributed by atoms with van der Waals surface area (Å²) in [6.45, 7) is 8.00. The highest BCUT2D eigenvalue weighted by atomic mass is 16.6. The Balaban J connectivity index is 1.71. The second-order valence-electron chi connectivity index (χ2n) is 8.37. The molecule has 0 unspecified atom stereocenters. The number of carbonyl (C=O) groups excluding carboxylic acids is 1.